The van der Waals surface area contributed by atoms with Gasteiger partial charge in [-0.05, 0) is 19.1 Å². The second-order valence-corrected chi connectivity index (χ2v) is 6.16. The highest BCUT2D eigenvalue weighted by Crippen LogP contribution is 2.32. The minimum atomic E-state index is -0.638. The van der Waals surface area contributed by atoms with Gasteiger partial charge in [-0.15, -0.1) is 10.2 Å². The van der Waals surface area contributed by atoms with Gasteiger partial charge < -0.3 is 5.11 Å². The molecule has 1 aromatic carbocycles. The van der Waals surface area contributed by atoms with E-state index < -0.39 is 10.5 Å². The van der Waals surface area contributed by atoms with E-state index in [1.807, 2.05) is 0 Å². The first-order chi connectivity index (χ1) is 12.8. The van der Waals surface area contributed by atoms with Crippen LogP contribution in [0, 0.1) is 17.0 Å². The maximum absolute atomic E-state index is 12.6. The van der Waals surface area contributed by atoms with Crippen LogP contribution in [0.25, 0.3) is 5.82 Å². The molecule has 138 valence electrons. The third-order valence-electron chi connectivity index (χ3n) is 3.47. The van der Waals surface area contributed by atoms with Gasteiger partial charge >= 0.3 is 5.56 Å². The number of phenolic OH excluding ortho intramolecular Hbond substituents is 1. The SMILES string of the molecule is Cc1[nH]n(-c2ncc(Cl)cc2Cl)c(=O)c1N=Nc1cc([N+](=O)[O-])ccc1O. The van der Waals surface area contributed by atoms with Crippen LogP contribution in [0.15, 0.2) is 45.5 Å². The fourth-order valence-corrected chi connectivity index (χ4v) is 2.65. The molecular weight excluding hydrogens is 399 g/mol. The number of rotatable bonds is 4. The van der Waals surface area contributed by atoms with Crippen molar-refractivity contribution in [2.75, 3.05) is 0 Å². The van der Waals surface area contributed by atoms with Gasteiger partial charge in [0.1, 0.15) is 11.4 Å². The lowest BCUT2D eigenvalue weighted by Gasteiger charge is -2.02. The van der Waals surface area contributed by atoms with Crippen LogP contribution < -0.4 is 5.56 Å². The summed E-state index contributed by atoms with van der Waals surface area (Å²) in [6.45, 7) is 1.57. The van der Waals surface area contributed by atoms with Gasteiger partial charge in [-0.25, -0.2) is 4.98 Å². The lowest BCUT2D eigenvalue weighted by molar-refractivity contribution is -0.384. The summed E-state index contributed by atoms with van der Waals surface area (Å²) in [6, 6.07) is 4.70. The number of non-ortho nitro benzene ring substituents is 1. The van der Waals surface area contributed by atoms with Crippen LogP contribution in [0.2, 0.25) is 10.0 Å². The molecule has 0 aliphatic carbocycles. The Morgan fingerprint density at radius 1 is 1.30 bits per heavy atom. The topological polar surface area (TPSA) is 139 Å². The zero-order valence-corrected chi connectivity index (χ0v) is 15.1. The third kappa shape index (κ3) is 3.66. The molecule has 0 aliphatic heterocycles. The number of aromatic hydroxyl groups is 1. The fraction of sp³-hybridized carbons (Fsp3) is 0.0667. The number of nitro benzene ring substituents is 1. The van der Waals surface area contributed by atoms with Crippen LogP contribution in [0.3, 0.4) is 0 Å². The molecule has 2 heterocycles. The van der Waals surface area contributed by atoms with Crippen LogP contribution in [-0.2, 0) is 0 Å². The number of nitrogens with zero attached hydrogens (tertiary/aromatic N) is 5. The molecule has 0 radical (unpaired) electrons. The summed E-state index contributed by atoms with van der Waals surface area (Å²) in [5, 5.41) is 31.4. The van der Waals surface area contributed by atoms with Crippen molar-refractivity contribution in [1.29, 1.82) is 0 Å². The summed E-state index contributed by atoms with van der Waals surface area (Å²) in [6.07, 6.45) is 1.33. The maximum atomic E-state index is 12.6. The number of azo groups is 1. The minimum absolute atomic E-state index is 0.0753. The molecule has 3 aromatic rings. The molecule has 3 rings (SSSR count). The summed E-state index contributed by atoms with van der Waals surface area (Å²) >= 11 is 11.9. The Morgan fingerprint density at radius 2 is 2.04 bits per heavy atom. The van der Waals surface area contributed by atoms with E-state index >= 15 is 0 Å². The normalized spacial score (nSPS) is 11.2. The van der Waals surface area contributed by atoms with Crippen LogP contribution >= 0.6 is 23.2 Å². The Balaban J connectivity index is 2.03. The number of aryl methyl sites for hydroxylation is 1. The molecule has 0 fully saturated rings. The van der Waals surface area contributed by atoms with Crippen molar-refractivity contribution in [1.82, 2.24) is 14.8 Å². The summed E-state index contributed by atoms with van der Waals surface area (Å²) < 4.78 is 1.07. The Labute approximate surface area is 160 Å². The van der Waals surface area contributed by atoms with Crippen molar-refractivity contribution in [3.05, 3.63) is 66.7 Å². The van der Waals surface area contributed by atoms with Crippen molar-refractivity contribution in [2.24, 2.45) is 10.2 Å². The van der Waals surface area contributed by atoms with Crippen LogP contribution in [0.1, 0.15) is 5.69 Å². The molecule has 0 bridgehead atoms. The van der Waals surface area contributed by atoms with E-state index in [-0.39, 0.29) is 33.7 Å². The van der Waals surface area contributed by atoms with Gasteiger partial charge in [-0.2, -0.15) is 4.68 Å². The summed E-state index contributed by atoms with van der Waals surface area (Å²) in [5.41, 5.74) is -0.756. The van der Waals surface area contributed by atoms with Gasteiger partial charge in [0, 0.05) is 18.3 Å². The van der Waals surface area contributed by atoms with Gasteiger partial charge in [-0.3, -0.25) is 20.0 Å². The van der Waals surface area contributed by atoms with E-state index in [9.17, 15) is 20.0 Å². The maximum Gasteiger partial charge on any atom is 0.300 e. The zero-order valence-electron chi connectivity index (χ0n) is 13.6. The Kier molecular flexibility index (Phi) is 4.93. The third-order valence-corrected chi connectivity index (χ3v) is 3.95. The summed E-state index contributed by atoms with van der Waals surface area (Å²) in [5.74, 6) is -0.200. The Hall–Kier alpha value is -3.24. The van der Waals surface area contributed by atoms with Crippen molar-refractivity contribution in [3.8, 4) is 11.6 Å². The predicted molar refractivity (Wildman–Crippen MR) is 97.9 cm³/mol. The highest BCUT2D eigenvalue weighted by atomic mass is 35.5. The van der Waals surface area contributed by atoms with Crippen LogP contribution in [-0.4, -0.2) is 24.8 Å². The van der Waals surface area contributed by atoms with E-state index in [0.29, 0.717) is 10.7 Å². The van der Waals surface area contributed by atoms with E-state index in [4.69, 9.17) is 23.2 Å². The Morgan fingerprint density at radius 3 is 2.70 bits per heavy atom. The van der Waals surface area contributed by atoms with Crippen molar-refractivity contribution in [2.45, 2.75) is 6.92 Å². The number of H-pyrrole nitrogens is 1. The lowest BCUT2D eigenvalue weighted by atomic mass is 10.2. The second kappa shape index (κ2) is 7.17. The predicted octanol–water partition coefficient (Wildman–Crippen LogP) is 4.21. The first-order valence-electron chi connectivity index (χ1n) is 7.30. The molecule has 0 spiro atoms. The number of hydrogen-bond acceptors (Lipinski definition) is 7. The van der Waals surface area contributed by atoms with Gasteiger partial charge in [0.2, 0.25) is 0 Å². The number of hydrogen-bond donors (Lipinski definition) is 2. The molecule has 0 saturated heterocycles. The molecule has 0 atom stereocenters. The molecule has 2 aromatic heterocycles. The number of halogens is 2. The average Bonchev–Trinajstić information content (AvgIpc) is 2.88. The van der Waals surface area contributed by atoms with Crippen LogP contribution in [0.5, 0.6) is 5.75 Å². The summed E-state index contributed by atoms with van der Waals surface area (Å²) in [7, 11) is 0. The van der Waals surface area contributed by atoms with Crippen molar-refractivity contribution < 1.29 is 10.0 Å². The number of aromatic amines is 1. The highest BCUT2D eigenvalue weighted by Gasteiger charge is 2.16. The molecule has 0 aliphatic rings. The van der Waals surface area contributed by atoms with E-state index in [0.717, 1.165) is 22.9 Å². The number of nitro groups is 1. The zero-order chi connectivity index (χ0) is 19.7. The lowest BCUT2D eigenvalue weighted by Crippen LogP contribution is -2.15. The molecule has 0 saturated carbocycles. The van der Waals surface area contributed by atoms with Crippen LogP contribution in [0.4, 0.5) is 17.1 Å². The molecule has 27 heavy (non-hydrogen) atoms. The largest absolute Gasteiger partial charge is 0.506 e. The van der Waals surface area contributed by atoms with Crippen molar-refractivity contribution in [3.63, 3.8) is 0 Å². The van der Waals surface area contributed by atoms with E-state index in [2.05, 4.69) is 20.3 Å². The standard InChI is InChI=1S/C15H10Cl2N6O4/c1-7-13(20-19-11-5-9(23(26)27)2-3-12(11)24)15(25)22(21-7)14-10(17)4-8(16)6-18-14/h2-6,21,24H,1H3. The van der Waals surface area contributed by atoms with Gasteiger partial charge in [0.15, 0.2) is 11.5 Å². The number of benzene rings is 1. The highest BCUT2D eigenvalue weighted by molar-refractivity contribution is 6.35. The molecule has 0 amide bonds. The monoisotopic (exact) mass is 408 g/mol. The summed E-state index contributed by atoms with van der Waals surface area (Å²) in [4.78, 5) is 26.8. The number of pyridine rings is 1. The van der Waals surface area contributed by atoms with Gasteiger partial charge in [0.25, 0.3) is 5.69 Å². The fourth-order valence-electron chi connectivity index (χ4n) is 2.19. The smallest absolute Gasteiger partial charge is 0.300 e. The average molecular weight is 409 g/mol. The first kappa shape index (κ1) is 18.5. The number of nitrogens with one attached hydrogen (secondary N) is 1. The number of aromatic nitrogens is 3. The quantitative estimate of drug-likeness (QED) is 0.378. The molecule has 12 heteroatoms. The minimum Gasteiger partial charge on any atom is -0.506 e. The van der Waals surface area contributed by atoms with Gasteiger partial charge in [-0.1, -0.05) is 23.2 Å². The van der Waals surface area contributed by atoms with Crippen molar-refractivity contribution >= 4 is 40.3 Å². The van der Waals surface area contributed by atoms with Gasteiger partial charge in [0.05, 0.1) is 20.7 Å². The van der Waals surface area contributed by atoms with E-state index in [1.54, 1.807) is 6.92 Å². The first-order valence-corrected chi connectivity index (χ1v) is 8.05. The number of phenols is 1. The molecular formula is C15H10Cl2N6O4. The Bertz CT molecular complexity index is 1140. The molecule has 10 nitrogen and oxygen atoms in total. The second-order valence-electron chi connectivity index (χ2n) is 5.32. The van der Waals surface area contributed by atoms with E-state index in [1.165, 1.54) is 12.3 Å². The molecule has 2 N–H and O–H groups in total. The molecule has 0 unspecified atom stereocenters.